The average molecular weight is 179 g/mol. The van der Waals surface area contributed by atoms with Crippen LogP contribution in [0.4, 0.5) is 0 Å². The first-order valence-electron chi connectivity index (χ1n) is 3.61. The van der Waals surface area contributed by atoms with Crippen molar-refractivity contribution in [3.8, 4) is 0 Å². The summed E-state index contributed by atoms with van der Waals surface area (Å²) in [5, 5.41) is 18.9. The standard InChI is InChI=1S/C8H9N3O2/c1-6(12)8(10-13)11-4-2-7(9)3-5-11/h2-5,9,13H,1H3. The van der Waals surface area contributed by atoms with Crippen molar-refractivity contribution in [3.63, 3.8) is 0 Å². The Labute approximate surface area is 74.4 Å². The topological polar surface area (TPSA) is 78.4 Å². The first-order chi connectivity index (χ1) is 6.15. The van der Waals surface area contributed by atoms with Gasteiger partial charge in [-0.05, 0) is 12.1 Å². The Bertz CT molecular complexity index is 386. The van der Waals surface area contributed by atoms with Gasteiger partial charge in [0.15, 0.2) is 5.78 Å². The van der Waals surface area contributed by atoms with Gasteiger partial charge in [0.1, 0.15) is 0 Å². The van der Waals surface area contributed by atoms with Crippen LogP contribution in [-0.2, 0) is 4.79 Å². The van der Waals surface area contributed by atoms with Crippen LogP contribution in [0.1, 0.15) is 6.92 Å². The summed E-state index contributed by atoms with van der Waals surface area (Å²) < 4.78 is 1.35. The summed E-state index contributed by atoms with van der Waals surface area (Å²) in [5.41, 5.74) is 0. The van der Waals surface area contributed by atoms with Crippen molar-refractivity contribution >= 4 is 11.6 Å². The van der Waals surface area contributed by atoms with E-state index in [2.05, 4.69) is 5.16 Å². The van der Waals surface area contributed by atoms with Crippen molar-refractivity contribution in [2.24, 2.45) is 5.16 Å². The summed E-state index contributed by atoms with van der Waals surface area (Å²) in [6.45, 7) is 1.30. The highest BCUT2D eigenvalue weighted by Gasteiger charge is 2.06. The molecule has 0 aliphatic rings. The Hall–Kier alpha value is -1.91. The third-order valence-corrected chi connectivity index (χ3v) is 1.48. The normalized spacial score (nSPS) is 11.3. The van der Waals surface area contributed by atoms with Gasteiger partial charge in [0.05, 0.1) is 5.36 Å². The molecule has 0 saturated carbocycles. The van der Waals surface area contributed by atoms with Gasteiger partial charge >= 0.3 is 0 Å². The molecule has 1 aromatic rings. The molecular formula is C8H9N3O2. The van der Waals surface area contributed by atoms with Gasteiger partial charge < -0.3 is 15.2 Å². The zero-order valence-electron chi connectivity index (χ0n) is 7.06. The lowest BCUT2D eigenvalue weighted by molar-refractivity contribution is -0.111. The molecule has 68 valence electrons. The second-order valence-corrected chi connectivity index (χ2v) is 2.47. The number of hydrogen-bond acceptors (Lipinski definition) is 4. The van der Waals surface area contributed by atoms with E-state index in [4.69, 9.17) is 10.6 Å². The third kappa shape index (κ3) is 2.02. The largest absolute Gasteiger partial charge is 0.409 e. The van der Waals surface area contributed by atoms with E-state index >= 15 is 0 Å². The van der Waals surface area contributed by atoms with Gasteiger partial charge in [-0.1, -0.05) is 5.16 Å². The molecule has 0 saturated heterocycles. The van der Waals surface area contributed by atoms with Crippen molar-refractivity contribution in [2.75, 3.05) is 0 Å². The summed E-state index contributed by atoms with van der Waals surface area (Å²) in [6, 6.07) is 2.99. The molecule has 0 radical (unpaired) electrons. The number of pyridine rings is 1. The molecule has 1 rings (SSSR count). The Balaban J connectivity index is 3.14. The fraction of sp³-hybridized carbons (Fsp3) is 0.125. The van der Waals surface area contributed by atoms with Gasteiger partial charge in [-0.25, -0.2) is 0 Å². The van der Waals surface area contributed by atoms with Crippen LogP contribution in [0, 0.1) is 5.41 Å². The molecule has 5 nitrogen and oxygen atoms in total. The maximum Gasteiger partial charge on any atom is 0.219 e. The smallest absolute Gasteiger partial charge is 0.219 e. The SMILES string of the molecule is CC(=O)C(=NO)n1ccc(=N)cc1. The molecule has 0 fully saturated rings. The van der Waals surface area contributed by atoms with Gasteiger partial charge in [0.25, 0.3) is 0 Å². The summed E-state index contributed by atoms with van der Waals surface area (Å²) in [6.07, 6.45) is 2.97. The lowest BCUT2D eigenvalue weighted by Gasteiger charge is -2.03. The fourth-order valence-corrected chi connectivity index (χ4v) is 0.872. The number of nitrogens with zero attached hydrogens (tertiary/aromatic N) is 2. The predicted octanol–water partition coefficient (Wildman–Crippen LogP) is 0.192. The van der Waals surface area contributed by atoms with Crippen molar-refractivity contribution in [1.29, 1.82) is 5.41 Å². The monoisotopic (exact) mass is 179 g/mol. The minimum atomic E-state index is -0.342. The van der Waals surface area contributed by atoms with Gasteiger partial charge in [0.2, 0.25) is 5.84 Å². The number of aromatic nitrogens is 1. The molecule has 13 heavy (non-hydrogen) atoms. The van der Waals surface area contributed by atoms with Gasteiger partial charge in [0, 0.05) is 19.3 Å². The lowest BCUT2D eigenvalue weighted by Crippen LogP contribution is -2.21. The summed E-state index contributed by atoms with van der Waals surface area (Å²) in [7, 11) is 0. The van der Waals surface area contributed by atoms with Crippen LogP contribution in [0.25, 0.3) is 0 Å². The van der Waals surface area contributed by atoms with E-state index in [1.54, 1.807) is 0 Å². The van der Waals surface area contributed by atoms with E-state index in [1.165, 1.54) is 36.0 Å². The Morgan fingerprint density at radius 1 is 1.54 bits per heavy atom. The maximum absolute atomic E-state index is 10.9. The second-order valence-electron chi connectivity index (χ2n) is 2.47. The lowest BCUT2D eigenvalue weighted by atomic mass is 10.3. The number of oxime groups is 1. The van der Waals surface area contributed by atoms with E-state index in [1.807, 2.05) is 0 Å². The highest BCUT2D eigenvalue weighted by atomic mass is 16.4. The molecule has 0 aromatic carbocycles. The Kier molecular flexibility index (Phi) is 2.59. The zero-order chi connectivity index (χ0) is 9.84. The first-order valence-corrected chi connectivity index (χ1v) is 3.61. The summed E-state index contributed by atoms with van der Waals surface area (Å²) >= 11 is 0. The first kappa shape index (κ1) is 9.18. The highest BCUT2D eigenvalue weighted by molar-refractivity contribution is 6.38. The van der Waals surface area contributed by atoms with Crippen LogP contribution >= 0.6 is 0 Å². The van der Waals surface area contributed by atoms with Crippen molar-refractivity contribution in [3.05, 3.63) is 29.9 Å². The van der Waals surface area contributed by atoms with E-state index in [0.717, 1.165) is 0 Å². The van der Waals surface area contributed by atoms with Gasteiger partial charge in [-0.15, -0.1) is 0 Å². The van der Waals surface area contributed by atoms with E-state index < -0.39 is 0 Å². The molecule has 0 unspecified atom stereocenters. The van der Waals surface area contributed by atoms with Crippen LogP contribution < -0.4 is 5.36 Å². The van der Waals surface area contributed by atoms with Gasteiger partial charge in [-0.2, -0.15) is 0 Å². The van der Waals surface area contributed by atoms with Crippen LogP contribution in [0.15, 0.2) is 29.7 Å². The van der Waals surface area contributed by atoms with Crippen molar-refractivity contribution in [1.82, 2.24) is 4.57 Å². The molecule has 0 aliphatic heterocycles. The number of Topliss-reactive ketones (excluding diaryl/α,β-unsaturated/α-hetero) is 1. The third-order valence-electron chi connectivity index (χ3n) is 1.48. The van der Waals surface area contributed by atoms with Crippen LogP contribution in [0.5, 0.6) is 0 Å². The molecular weight excluding hydrogens is 170 g/mol. The molecule has 1 aromatic heterocycles. The van der Waals surface area contributed by atoms with Crippen LogP contribution in [0.3, 0.4) is 0 Å². The van der Waals surface area contributed by atoms with Crippen molar-refractivity contribution < 1.29 is 10.0 Å². The number of carbonyl (C=O) groups excluding carboxylic acids is 1. The molecule has 0 bridgehead atoms. The molecule has 1 heterocycles. The van der Waals surface area contributed by atoms with Crippen LogP contribution in [-0.4, -0.2) is 21.4 Å². The number of carbonyl (C=O) groups is 1. The average Bonchev–Trinajstić information content (AvgIpc) is 2.09. The number of hydrogen-bond donors (Lipinski definition) is 2. The molecule has 0 atom stereocenters. The summed E-state index contributed by atoms with van der Waals surface area (Å²) in [4.78, 5) is 10.9. The number of rotatable bonds is 1. The zero-order valence-corrected chi connectivity index (χ0v) is 7.06. The van der Waals surface area contributed by atoms with E-state index in [-0.39, 0.29) is 11.6 Å². The minimum absolute atomic E-state index is 0.0694. The molecule has 0 aliphatic carbocycles. The highest BCUT2D eigenvalue weighted by Crippen LogP contribution is 1.88. The van der Waals surface area contributed by atoms with E-state index in [9.17, 15) is 4.79 Å². The molecule has 2 N–H and O–H groups in total. The quantitative estimate of drug-likeness (QED) is 0.279. The predicted molar refractivity (Wildman–Crippen MR) is 45.6 cm³/mol. The Morgan fingerprint density at radius 2 is 2.08 bits per heavy atom. The molecule has 0 spiro atoms. The summed E-state index contributed by atoms with van der Waals surface area (Å²) in [5.74, 6) is -0.412. The Morgan fingerprint density at radius 3 is 2.46 bits per heavy atom. The second kappa shape index (κ2) is 3.66. The molecule has 5 heteroatoms. The number of nitrogens with one attached hydrogen (secondary N) is 1. The minimum Gasteiger partial charge on any atom is -0.409 e. The van der Waals surface area contributed by atoms with Gasteiger partial charge in [-0.3, -0.25) is 4.79 Å². The van der Waals surface area contributed by atoms with Crippen LogP contribution in [0.2, 0.25) is 0 Å². The van der Waals surface area contributed by atoms with Crippen molar-refractivity contribution in [2.45, 2.75) is 6.92 Å². The van der Waals surface area contributed by atoms with E-state index in [0.29, 0.717) is 5.36 Å². The number of ketones is 1. The molecule has 0 amide bonds. The fourth-order valence-electron chi connectivity index (χ4n) is 0.872. The maximum atomic E-state index is 10.9.